The predicted molar refractivity (Wildman–Crippen MR) is 139 cm³/mol. The molecule has 0 radical (unpaired) electrons. The number of nitrogens with zero attached hydrogens (tertiary/aromatic N) is 1. The van der Waals surface area contributed by atoms with Crippen LogP contribution < -0.4 is 14.8 Å². The van der Waals surface area contributed by atoms with Crippen LogP contribution in [0.1, 0.15) is 44.7 Å². The van der Waals surface area contributed by atoms with E-state index in [9.17, 15) is 13.2 Å². The number of amides is 1. The Morgan fingerprint density at radius 1 is 1.14 bits per heavy atom. The van der Waals surface area contributed by atoms with E-state index in [-0.39, 0.29) is 28.6 Å². The molecule has 0 fully saturated rings. The molecule has 36 heavy (non-hydrogen) atoms. The van der Waals surface area contributed by atoms with Crippen molar-refractivity contribution in [3.8, 4) is 11.8 Å². The fourth-order valence-corrected chi connectivity index (χ4v) is 5.82. The van der Waals surface area contributed by atoms with Crippen LogP contribution in [0.4, 0.5) is 0 Å². The summed E-state index contributed by atoms with van der Waals surface area (Å²) in [6.45, 7) is 7.05. The van der Waals surface area contributed by atoms with Gasteiger partial charge in [-0.15, -0.1) is 0 Å². The molecule has 7 nitrogen and oxygen atoms in total. The molecule has 0 heterocycles. The van der Waals surface area contributed by atoms with Gasteiger partial charge in [0.2, 0.25) is 15.9 Å². The molecule has 0 spiro atoms. The predicted octanol–water partition coefficient (Wildman–Crippen LogP) is 4.41. The lowest BCUT2D eigenvalue weighted by Crippen LogP contribution is -2.37. The first-order valence-corrected chi connectivity index (χ1v) is 13.7. The van der Waals surface area contributed by atoms with Crippen molar-refractivity contribution in [1.82, 2.24) is 10.0 Å². The summed E-state index contributed by atoms with van der Waals surface area (Å²) >= 11 is 0. The monoisotopic (exact) mass is 509 g/mol. The average Bonchev–Trinajstić information content (AvgIpc) is 2.87. The first-order chi connectivity index (χ1) is 17.1. The van der Waals surface area contributed by atoms with Gasteiger partial charge in [0.15, 0.2) is 0 Å². The molecule has 1 aliphatic carbocycles. The highest BCUT2D eigenvalue weighted by molar-refractivity contribution is 7.89. The molecule has 0 aromatic heterocycles. The number of methoxy groups -OCH3 is 1. The number of benzene rings is 2. The highest BCUT2D eigenvalue weighted by Crippen LogP contribution is 2.39. The molecular formula is C28H35N3O4S. The Balaban J connectivity index is 1.61. The Bertz CT molecular complexity index is 1210. The minimum absolute atomic E-state index is 0.0155. The van der Waals surface area contributed by atoms with Crippen LogP contribution >= 0.6 is 0 Å². The fourth-order valence-electron chi connectivity index (χ4n) is 4.75. The number of rotatable bonds is 10. The van der Waals surface area contributed by atoms with E-state index in [2.05, 4.69) is 36.0 Å². The highest BCUT2D eigenvalue weighted by atomic mass is 32.2. The SMILES string of the molecule is COc1ccc(S(=O)(=O)NC[C@@H]2C=C(C)[C@H](CC(=O)NCc3ccc(C#N)cc3)C[C@H]2C(C)C)cc1. The zero-order chi connectivity index (χ0) is 26.3. The smallest absolute Gasteiger partial charge is 0.240 e. The van der Waals surface area contributed by atoms with E-state index in [4.69, 9.17) is 10.00 Å². The van der Waals surface area contributed by atoms with Crippen LogP contribution in [0.5, 0.6) is 5.75 Å². The molecule has 0 unspecified atom stereocenters. The van der Waals surface area contributed by atoms with E-state index < -0.39 is 10.0 Å². The summed E-state index contributed by atoms with van der Waals surface area (Å²) in [6.07, 6.45) is 3.37. The molecule has 8 heteroatoms. The molecule has 192 valence electrons. The van der Waals surface area contributed by atoms with Crippen LogP contribution in [0.25, 0.3) is 0 Å². The first kappa shape index (κ1) is 27.4. The topological polar surface area (TPSA) is 108 Å². The standard InChI is InChI=1S/C28H35N3O4S/c1-19(2)27-14-23(15-28(32)30-17-22-7-5-21(16-29)6-8-22)20(3)13-24(27)18-31-36(33,34)26-11-9-25(35-4)10-12-26/h5-13,19,23-24,27,31H,14-15,17-18H2,1-4H3,(H,30,32)/t23-,24-,27-/m0/s1. The van der Waals surface area contributed by atoms with Gasteiger partial charge in [-0.25, -0.2) is 13.1 Å². The van der Waals surface area contributed by atoms with Crippen LogP contribution in [-0.2, 0) is 21.4 Å². The van der Waals surface area contributed by atoms with Crippen molar-refractivity contribution in [2.24, 2.45) is 23.7 Å². The maximum Gasteiger partial charge on any atom is 0.240 e. The van der Waals surface area contributed by atoms with Crippen molar-refractivity contribution < 1.29 is 17.9 Å². The van der Waals surface area contributed by atoms with Crippen LogP contribution in [-0.4, -0.2) is 28.0 Å². The fraction of sp³-hybridized carbons (Fsp3) is 0.429. The Kier molecular flexibility index (Phi) is 9.30. The molecule has 2 aromatic carbocycles. The normalized spacial score (nSPS) is 19.9. The third-order valence-corrected chi connectivity index (χ3v) is 8.41. The second-order valence-corrected chi connectivity index (χ2v) is 11.5. The number of sulfonamides is 1. The largest absolute Gasteiger partial charge is 0.497 e. The third-order valence-electron chi connectivity index (χ3n) is 6.97. The van der Waals surface area contributed by atoms with E-state index >= 15 is 0 Å². The summed E-state index contributed by atoms with van der Waals surface area (Å²) in [6, 6.07) is 15.6. The highest BCUT2D eigenvalue weighted by Gasteiger charge is 2.33. The van der Waals surface area contributed by atoms with Gasteiger partial charge in [-0.3, -0.25) is 4.79 Å². The maximum absolute atomic E-state index is 12.8. The lowest BCUT2D eigenvalue weighted by molar-refractivity contribution is -0.122. The number of hydrogen-bond donors (Lipinski definition) is 2. The molecular weight excluding hydrogens is 474 g/mol. The van der Waals surface area contributed by atoms with Crippen molar-refractivity contribution in [1.29, 1.82) is 5.26 Å². The van der Waals surface area contributed by atoms with Gasteiger partial charge >= 0.3 is 0 Å². The molecule has 3 rings (SSSR count). The van der Waals surface area contributed by atoms with E-state index in [1.54, 1.807) is 24.3 Å². The van der Waals surface area contributed by atoms with Gasteiger partial charge < -0.3 is 10.1 Å². The molecule has 0 bridgehead atoms. The summed E-state index contributed by atoms with van der Waals surface area (Å²) in [5.41, 5.74) is 2.66. The quantitative estimate of drug-likeness (QED) is 0.461. The third kappa shape index (κ3) is 7.19. The zero-order valence-corrected chi connectivity index (χ0v) is 22.1. The Morgan fingerprint density at radius 2 is 1.81 bits per heavy atom. The van der Waals surface area contributed by atoms with Crippen LogP contribution in [0.3, 0.4) is 0 Å². The van der Waals surface area contributed by atoms with Gasteiger partial charge in [-0.2, -0.15) is 5.26 Å². The van der Waals surface area contributed by atoms with Gasteiger partial charge in [-0.05, 0) is 79.0 Å². The van der Waals surface area contributed by atoms with Crippen LogP contribution in [0, 0.1) is 35.0 Å². The Hall–Kier alpha value is -3.15. The second-order valence-electron chi connectivity index (χ2n) is 9.73. The number of nitrogens with one attached hydrogen (secondary N) is 2. The van der Waals surface area contributed by atoms with Gasteiger partial charge in [-0.1, -0.05) is 37.6 Å². The Morgan fingerprint density at radius 3 is 2.39 bits per heavy atom. The summed E-state index contributed by atoms with van der Waals surface area (Å²) < 4.78 is 33.5. The molecule has 2 aromatic rings. The minimum atomic E-state index is -3.64. The van der Waals surface area contributed by atoms with Gasteiger partial charge in [0.1, 0.15) is 5.75 Å². The van der Waals surface area contributed by atoms with Gasteiger partial charge in [0.25, 0.3) is 0 Å². The summed E-state index contributed by atoms with van der Waals surface area (Å²) in [7, 11) is -2.10. The molecule has 1 amide bonds. The molecule has 0 saturated heterocycles. The second kappa shape index (κ2) is 12.2. The molecule has 3 atom stereocenters. The molecule has 1 aliphatic rings. The summed E-state index contributed by atoms with van der Waals surface area (Å²) in [5.74, 6) is 1.35. The average molecular weight is 510 g/mol. The first-order valence-electron chi connectivity index (χ1n) is 12.2. The van der Waals surface area contributed by atoms with Crippen molar-refractivity contribution in [3.63, 3.8) is 0 Å². The lowest BCUT2D eigenvalue weighted by atomic mass is 9.70. The van der Waals surface area contributed by atoms with Crippen molar-refractivity contribution in [3.05, 3.63) is 71.3 Å². The number of ether oxygens (including phenoxy) is 1. The maximum atomic E-state index is 12.8. The number of carbonyl (C=O) groups excluding carboxylic acids is 1. The molecule has 0 aliphatic heterocycles. The lowest BCUT2D eigenvalue weighted by Gasteiger charge is -2.37. The summed E-state index contributed by atoms with van der Waals surface area (Å²) in [4.78, 5) is 12.9. The van der Waals surface area contributed by atoms with E-state index in [0.717, 1.165) is 17.6 Å². The van der Waals surface area contributed by atoms with Crippen molar-refractivity contribution >= 4 is 15.9 Å². The minimum Gasteiger partial charge on any atom is -0.497 e. The van der Waals surface area contributed by atoms with Crippen LogP contribution in [0.2, 0.25) is 0 Å². The number of hydrogen-bond acceptors (Lipinski definition) is 5. The number of carbonyl (C=O) groups is 1. The Labute approximate surface area is 214 Å². The van der Waals surface area contributed by atoms with E-state index in [1.807, 2.05) is 19.1 Å². The van der Waals surface area contributed by atoms with Gasteiger partial charge in [0.05, 0.1) is 23.6 Å². The van der Waals surface area contributed by atoms with E-state index in [1.165, 1.54) is 19.2 Å². The number of nitriles is 1. The van der Waals surface area contributed by atoms with Crippen LogP contribution in [0.15, 0.2) is 65.1 Å². The van der Waals surface area contributed by atoms with Crippen molar-refractivity contribution in [2.45, 2.75) is 45.1 Å². The van der Waals surface area contributed by atoms with Crippen molar-refractivity contribution in [2.75, 3.05) is 13.7 Å². The zero-order valence-electron chi connectivity index (χ0n) is 21.3. The summed E-state index contributed by atoms with van der Waals surface area (Å²) in [5, 5.41) is 11.9. The number of allylic oxidation sites excluding steroid dienone is 1. The molecule has 0 saturated carbocycles. The van der Waals surface area contributed by atoms with E-state index in [0.29, 0.717) is 36.7 Å². The van der Waals surface area contributed by atoms with Gasteiger partial charge in [0, 0.05) is 19.5 Å². The molecule has 2 N–H and O–H groups in total.